The van der Waals surface area contributed by atoms with Gasteiger partial charge in [0.15, 0.2) is 0 Å². The summed E-state index contributed by atoms with van der Waals surface area (Å²) in [4.78, 5) is 6.52. The van der Waals surface area contributed by atoms with Crippen LogP contribution in [0.5, 0.6) is 0 Å². The Bertz CT molecular complexity index is 681. The summed E-state index contributed by atoms with van der Waals surface area (Å²) in [6.45, 7) is 6.18. The zero-order valence-corrected chi connectivity index (χ0v) is 14.5. The largest absolute Gasteiger partial charge is 0.382 e. The zero-order valence-electron chi connectivity index (χ0n) is 13.8. The molecule has 1 aliphatic heterocycles. The van der Waals surface area contributed by atoms with Gasteiger partial charge in [-0.2, -0.15) is 0 Å². The highest BCUT2D eigenvalue weighted by Crippen LogP contribution is 2.31. The van der Waals surface area contributed by atoms with Crippen molar-refractivity contribution in [2.24, 2.45) is 7.05 Å². The predicted molar refractivity (Wildman–Crippen MR) is 87.0 cm³/mol. The summed E-state index contributed by atoms with van der Waals surface area (Å²) in [5.41, 5.74) is -0.311. The number of aromatic nitrogens is 5. The third kappa shape index (κ3) is 3.27. The smallest absolute Gasteiger partial charge is 0.128 e. The molecule has 0 amide bonds. The van der Waals surface area contributed by atoms with Crippen molar-refractivity contribution < 1.29 is 5.11 Å². The number of halogens is 1. The molecule has 126 valence electrons. The van der Waals surface area contributed by atoms with E-state index in [1.54, 1.807) is 10.9 Å². The minimum atomic E-state index is -0.958. The number of hydrogen-bond donors (Lipinski definition) is 1. The van der Waals surface area contributed by atoms with Gasteiger partial charge in [-0.25, -0.2) is 9.67 Å². The van der Waals surface area contributed by atoms with Gasteiger partial charge in [-0.15, -0.1) is 5.10 Å². The fourth-order valence-corrected chi connectivity index (χ4v) is 3.13. The predicted octanol–water partition coefficient (Wildman–Crippen LogP) is 1.73. The molecule has 1 fully saturated rings. The van der Waals surface area contributed by atoms with Crippen LogP contribution in [-0.4, -0.2) is 47.6 Å². The van der Waals surface area contributed by atoms with E-state index >= 15 is 0 Å². The van der Waals surface area contributed by atoms with Crippen molar-refractivity contribution in [1.29, 1.82) is 0 Å². The Labute approximate surface area is 140 Å². The molecular formula is C15H23ClN6O. The number of aliphatic hydroxyl groups is 1. The van der Waals surface area contributed by atoms with Gasteiger partial charge in [0.25, 0.3) is 0 Å². The van der Waals surface area contributed by atoms with Gasteiger partial charge in [0.05, 0.1) is 18.9 Å². The van der Waals surface area contributed by atoms with Crippen molar-refractivity contribution in [2.75, 3.05) is 13.1 Å². The molecule has 0 aromatic carbocycles. The highest BCUT2D eigenvalue weighted by molar-refractivity contribution is 6.29. The summed E-state index contributed by atoms with van der Waals surface area (Å²) in [5.74, 6) is 0.894. The minimum Gasteiger partial charge on any atom is -0.382 e. The molecule has 3 heterocycles. The van der Waals surface area contributed by atoms with Crippen molar-refractivity contribution in [3.05, 3.63) is 29.1 Å². The maximum Gasteiger partial charge on any atom is 0.128 e. The molecule has 23 heavy (non-hydrogen) atoms. The number of β-amino-alcohol motifs (C(OH)–C–C–N with tert-alkyl or cyclic N) is 1. The Morgan fingerprint density at radius 2 is 2.22 bits per heavy atom. The van der Waals surface area contributed by atoms with Gasteiger partial charge in [0, 0.05) is 19.6 Å². The molecule has 1 atom stereocenters. The van der Waals surface area contributed by atoms with Gasteiger partial charge in [-0.1, -0.05) is 16.8 Å². The zero-order chi connectivity index (χ0) is 16.6. The van der Waals surface area contributed by atoms with E-state index in [1.165, 1.54) is 0 Å². The van der Waals surface area contributed by atoms with E-state index < -0.39 is 5.60 Å². The Kier molecular flexibility index (Phi) is 4.44. The number of likely N-dealkylation sites (tertiary alicyclic amines) is 1. The summed E-state index contributed by atoms with van der Waals surface area (Å²) in [6.07, 6.45) is 5.11. The molecular weight excluding hydrogens is 316 g/mol. The van der Waals surface area contributed by atoms with Crippen LogP contribution in [0.15, 0.2) is 12.4 Å². The van der Waals surface area contributed by atoms with Crippen molar-refractivity contribution in [1.82, 2.24) is 29.4 Å². The minimum absolute atomic E-state index is 0.231. The second-order valence-corrected chi connectivity index (χ2v) is 6.97. The first kappa shape index (κ1) is 16.4. The summed E-state index contributed by atoms with van der Waals surface area (Å²) < 4.78 is 3.65. The molecule has 0 bridgehead atoms. The van der Waals surface area contributed by atoms with Gasteiger partial charge in [-0.05, 0) is 33.2 Å². The first-order chi connectivity index (χ1) is 10.9. The highest BCUT2D eigenvalue weighted by atomic mass is 35.5. The molecule has 1 aliphatic rings. The average molecular weight is 339 g/mol. The molecule has 0 unspecified atom stereocenters. The quantitative estimate of drug-likeness (QED) is 0.919. The van der Waals surface area contributed by atoms with Gasteiger partial charge in [-0.3, -0.25) is 4.90 Å². The Morgan fingerprint density at radius 1 is 1.43 bits per heavy atom. The molecule has 1 saturated heterocycles. The van der Waals surface area contributed by atoms with Crippen molar-refractivity contribution in [2.45, 2.75) is 44.9 Å². The van der Waals surface area contributed by atoms with E-state index in [4.69, 9.17) is 11.6 Å². The van der Waals surface area contributed by atoms with Gasteiger partial charge in [0.1, 0.15) is 22.3 Å². The van der Waals surface area contributed by atoms with Crippen LogP contribution in [0.4, 0.5) is 0 Å². The van der Waals surface area contributed by atoms with Gasteiger partial charge < -0.3 is 9.67 Å². The second kappa shape index (κ2) is 6.22. The van der Waals surface area contributed by atoms with E-state index in [0.29, 0.717) is 30.4 Å². The van der Waals surface area contributed by atoms with Gasteiger partial charge in [0.2, 0.25) is 0 Å². The van der Waals surface area contributed by atoms with E-state index in [1.807, 2.05) is 31.7 Å². The molecule has 0 radical (unpaired) electrons. The molecule has 8 heteroatoms. The fraction of sp³-hybridized carbons (Fsp3) is 0.667. The Hall–Kier alpha value is -1.44. The molecule has 0 spiro atoms. The number of piperidine rings is 1. The number of hydrogen-bond acceptors (Lipinski definition) is 5. The van der Waals surface area contributed by atoms with Crippen LogP contribution in [-0.2, 0) is 19.2 Å². The number of imidazole rings is 1. The maximum absolute atomic E-state index is 11.0. The Balaban J connectivity index is 1.75. The van der Waals surface area contributed by atoms with Crippen LogP contribution in [0.3, 0.4) is 0 Å². The molecule has 2 aromatic heterocycles. The van der Waals surface area contributed by atoms with E-state index in [2.05, 4.69) is 20.2 Å². The normalized spacial score (nSPS) is 22.9. The lowest BCUT2D eigenvalue weighted by atomic mass is 9.90. The van der Waals surface area contributed by atoms with Crippen molar-refractivity contribution >= 4 is 11.6 Å². The van der Waals surface area contributed by atoms with Crippen molar-refractivity contribution in [3.8, 4) is 0 Å². The van der Waals surface area contributed by atoms with E-state index in [9.17, 15) is 5.11 Å². The van der Waals surface area contributed by atoms with Crippen molar-refractivity contribution in [3.63, 3.8) is 0 Å². The van der Waals surface area contributed by atoms with Crippen LogP contribution in [0.1, 0.15) is 44.2 Å². The summed E-state index contributed by atoms with van der Waals surface area (Å²) in [7, 11) is 1.90. The molecule has 0 saturated carbocycles. The first-order valence-corrected chi connectivity index (χ1v) is 8.30. The highest BCUT2D eigenvalue weighted by Gasteiger charge is 2.37. The molecule has 7 nitrogen and oxygen atoms in total. The van der Waals surface area contributed by atoms with E-state index in [0.717, 1.165) is 18.8 Å². The molecule has 2 aromatic rings. The van der Waals surface area contributed by atoms with Crippen LogP contribution >= 0.6 is 11.6 Å². The summed E-state index contributed by atoms with van der Waals surface area (Å²) >= 11 is 6.04. The van der Waals surface area contributed by atoms with Crippen LogP contribution in [0, 0.1) is 0 Å². The average Bonchev–Trinajstić information content (AvgIpc) is 3.11. The first-order valence-electron chi connectivity index (χ1n) is 7.92. The van der Waals surface area contributed by atoms with Crippen LogP contribution in [0.2, 0.25) is 5.15 Å². The summed E-state index contributed by atoms with van der Waals surface area (Å²) in [6, 6.07) is 0.231. The second-order valence-electron chi connectivity index (χ2n) is 6.58. The third-order valence-electron chi connectivity index (χ3n) is 4.46. The monoisotopic (exact) mass is 338 g/mol. The fourth-order valence-electron chi connectivity index (χ4n) is 2.98. The number of rotatable bonds is 4. The number of nitrogens with zero attached hydrogens (tertiary/aromatic N) is 6. The SMILES string of the molecule is CC(C)n1cc([C@@]2(O)CCCN(Cc3ncc(Cl)n3C)C2)nn1. The topological polar surface area (TPSA) is 72.0 Å². The molecule has 0 aliphatic carbocycles. The lowest BCUT2D eigenvalue weighted by Gasteiger charge is -2.37. The lowest BCUT2D eigenvalue weighted by molar-refractivity contribution is -0.0422. The van der Waals surface area contributed by atoms with Gasteiger partial charge >= 0.3 is 0 Å². The third-order valence-corrected chi connectivity index (χ3v) is 4.81. The van der Waals surface area contributed by atoms with Crippen LogP contribution < -0.4 is 0 Å². The standard InChI is InChI=1S/C15H23ClN6O/c1-11(2)22-8-12(18-19-22)15(23)5-4-6-21(10-15)9-14-17-7-13(16)20(14)3/h7-8,11,23H,4-6,9-10H2,1-3H3/t15-/m1/s1. The van der Waals surface area contributed by atoms with Crippen LogP contribution in [0.25, 0.3) is 0 Å². The summed E-state index contributed by atoms with van der Waals surface area (Å²) in [5, 5.41) is 20.0. The maximum atomic E-state index is 11.0. The lowest BCUT2D eigenvalue weighted by Crippen LogP contribution is -2.46. The van der Waals surface area contributed by atoms with E-state index in [-0.39, 0.29) is 6.04 Å². The molecule has 1 N–H and O–H groups in total. The molecule has 3 rings (SSSR count). The Morgan fingerprint density at radius 3 is 2.83 bits per heavy atom.